The average Bonchev–Trinajstić information content (AvgIpc) is 2.12. The lowest BCUT2D eigenvalue weighted by Crippen LogP contribution is -2.27. The van der Waals surface area contributed by atoms with E-state index >= 15 is 0 Å². The Kier molecular flexibility index (Phi) is 6.26. The maximum Gasteiger partial charge on any atom is 0.330 e. The monoisotopic (exact) mass is 198 g/mol. The van der Waals surface area contributed by atoms with Crippen LogP contribution in [0.15, 0.2) is 12.7 Å². The molecule has 82 valence electrons. The van der Waals surface area contributed by atoms with Crippen LogP contribution in [0.4, 0.5) is 0 Å². The Morgan fingerprint density at radius 1 is 1.36 bits per heavy atom. The average molecular weight is 198 g/mol. The standard InChI is InChI=1S/C12H22O2/c1-5-7-8-9-10-12(3,4)14-11(13)6-2/h6H,2,5,7-10H2,1,3-4H3. The van der Waals surface area contributed by atoms with Crippen LogP contribution in [0.1, 0.15) is 52.9 Å². The number of rotatable bonds is 7. The fraction of sp³-hybridized carbons (Fsp3) is 0.750. The maximum absolute atomic E-state index is 11.0. The first kappa shape index (κ1) is 13.2. The van der Waals surface area contributed by atoms with Crippen molar-refractivity contribution in [1.29, 1.82) is 0 Å². The van der Waals surface area contributed by atoms with Crippen LogP contribution in [0.3, 0.4) is 0 Å². The van der Waals surface area contributed by atoms with E-state index in [4.69, 9.17) is 4.74 Å². The number of ether oxygens (including phenoxy) is 1. The largest absolute Gasteiger partial charge is 0.457 e. The van der Waals surface area contributed by atoms with Crippen molar-refractivity contribution in [2.75, 3.05) is 0 Å². The lowest BCUT2D eigenvalue weighted by atomic mass is 10.00. The van der Waals surface area contributed by atoms with Crippen molar-refractivity contribution in [2.45, 2.75) is 58.5 Å². The molecule has 0 saturated heterocycles. The molecular formula is C12H22O2. The van der Waals surface area contributed by atoms with Crippen LogP contribution in [0.2, 0.25) is 0 Å². The topological polar surface area (TPSA) is 26.3 Å². The fourth-order valence-electron chi connectivity index (χ4n) is 1.34. The Balaban J connectivity index is 3.71. The third kappa shape index (κ3) is 6.70. The molecule has 0 heterocycles. The van der Waals surface area contributed by atoms with Crippen molar-refractivity contribution in [1.82, 2.24) is 0 Å². The van der Waals surface area contributed by atoms with Crippen LogP contribution in [0.5, 0.6) is 0 Å². The van der Waals surface area contributed by atoms with Crippen molar-refractivity contribution in [2.24, 2.45) is 0 Å². The molecule has 0 saturated carbocycles. The molecule has 0 unspecified atom stereocenters. The SMILES string of the molecule is C=CC(=O)OC(C)(C)CCCCCC. The van der Waals surface area contributed by atoms with Gasteiger partial charge in [-0.15, -0.1) is 0 Å². The highest BCUT2D eigenvalue weighted by Crippen LogP contribution is 2.19. The van der Waals surface area contributed by atoms with Gasteiger partial charge in [-0.05, 0) is 26.7 Å². The van der Waals surface area contributed by atoms with E-state index in [-0.39, 0.29) is 11.6 Å². The molecular weight excluding hydrogens is 176 g/mol. The van der Waals surface area contributed by atoms with Crippen LogP contribution in [-0.4, -0.2) is 11.6 Å². The molecule has 0 aliphatic heterocycles. The summed E-state index contributed by atoms with van der Waals surface area (Å²) >= 11 is 0. The highest BCUT2D eigenvalue weighted by Gasteiger charge is 2.20. The van der Waals surface area contributed by atoms with Gasteiger partial charge in [-0.25, -0.2) is 4.79 Å². The Labute approximate surface area is 87.3 Å². The second-order valence-electron chi connectivity index (χ2n) is 4.20. The van der Waals surface area contributed by atoms with Crippen LogP contribution >= 0.6 is 0 Å². The normalized spacial score (nSPS) is 11.1. The molecule has 0 aromatic carbocycles. The summed E-state index contributed by atoms with van der Waals surface area (Å²) < 4.78 is 5.21. The first-order chi connectivity index (χ1) is 6.52. The number of hydrogen-bond donors (Lipinski definition) is 0. The van der Waals surface area contributed by atoms with E-state index < -0.39 is 0 Å². The molecule has 0 atom stereocenters. The van der Waals surface area contributed by atoms with Gasteiger partial charge >= 0.3 is 5.97 Å². The predicted octanol–water partition coefficient (Wildman–Crippen LogP) is 3.46. The summed E-state index contributed by atoms with van der Waals surface area (Å²) in [4.78, 5) is 11.0. The van der Waals surface area contributed by atoms with Crippen molar-refractivity contribution >= 4 is 5.97 Å². The third-order valence-corrected chi connectivity index (χ3v) is 2.18. The molecule has 0 fully saturated rings. The van der Waals surface area contributed by atoms with Crippen molar-refractivity contribution in [3.05, 3.63) is 12.7 Å². The molecule has 2 nitrogen and oxygen atoms in total. The van der Waals surface area contributed by atoms with Gasteiger partial charge in [0.2, 0.25) is 0 Å². The number of hydrogen-bond acceptors (Lipinski definition) is 2. The lowest BCUT2D eigenvalue weighted by Gasteiger charge is -2.24. The van der Waals surface area contributed by atoms with Gasteiger partial charge in [-0.2, -0.15) is 0 Å². The van der Waals surface area contributed by atoms with E-state index in [1.54, 1.807) is 0 Å². The molecule has 0 aliphatic carbocycles. The predicted molar refractivity (Wildman–Crippen MR) is 59.1 cm³/mol. The van der Waals surface area contributed by atoms with E-state index in [0.717, 1.165) is 12.8 Å². The summed E-state index contributed by atoms with van der Waals surface area (Å²) in [5.41, 5.74) is -0.348. The van der Waals surface area contributed by atoms with E-state index in [9.17, 15) is 4.79 Å². The van der Waals surface area contributed by atoms with Gasteiger partial charge in [0.15, 0.2) is 0 Å². The van der Waals surface area contributed by atoms with Gasteiger partial charge < -0.3 is 4.74 Å². The van der Waals surface area contributed by atoms with Gasteiger partial charge in [0.25, 0.3) is 0 Å². The summed E-state index contributed by atoms with van der Waals surface area (Å²) in [6.07, 6.45) is 6.95. The molecule has 0 rings (SSSR count). The molecule has 0 spiro atoms. The first-order valence-corrected chi connectivity index (χ1v) is 5.37. The Bertz CT molecular complexity index is 183. The number of unbranched alkanes of at least 4 members (excludes halogenated alkanes) is 3. The van der Waals surface area contributed by atoms with Gasteiger partial charge in [0, 0.05) is 6.08 Å². The molecule has 0 N–H and O–H groups in total. The zero-order valence-electron chi connectivity index (χ0n) is 9.64. The molecule has 0 bridgehead atoms. The van der Waals surface area contributed by atoms with E-state index in [2.05, 4.69) is 13.5 Å². The van der Waals surface area contributed by atoms with Crippen molar-refractivity contribution < 1.29 is 9.53 Å². The Morgan fingerprint density at radius 3 is 2.50 bits per heavy atom. The second-order valence-corrected chi connectivity index (χ2v) is 4.20. The summed E-state index contributed by atoms with van der Waals surface area (Å²) in [5.74, 6) is -0.328. The fourth-order valence-corrected chi connectivity index (χ4v) is 1.34. The minimum atomic E-state index is -0.348. The zero-order valence-corrected chi connectivity index (χ0v) is 9.64. The van der Waals surface area contributed by atoms with E-state index in [1.165, 1.54) is 25.3 Å². The highest BCUT2D eigenvalue weighted by atomic mass is 16.6. The van der Waals surface area contributed by atoms with Gasteiger partial charge in [0.1, 0.15) is 5.60 Å². The molecule has 0 radical (unpaired) electrons. The van der Waals surface area contributed by atoms with Crippen LogP contribution in [0, 0.1) is 0 Å². The first-order valence-electron chi connectivity index (χ1n) is 5.37. The van der Waals surface area contributed by atoms with Crippen LogP contribution < -0.4 is 0 Å². The third-order valence-electron chi connectivity index (χ3n) is 2.18. The van der Waals surface area contributed by atoms with Gasteiger partial charge in [0.05, 0.1) is 0 Å². The summed E-state index contributed by atoms with van der Waals surface area (Å²) in [7, 11) is 0. The summed E-state index contributed by atoms with van der Waals surface area (Å²) in [6, 6.07) is 0. The molecule has 0 aliphatic rings. The number of esters is 1. The quantitative estimate of drug-likeness (QED) is 0.356. The zero-order chi connectivity index (χ0) is 11.0. The smallest absolute Gasteiger partial charge is 0.330 e. The number of carbonyl (C=O) groups is 1. The molecule has 0 aromatic rings. The number of carbonyl (C=O) groups excluding carboxylic acids is 1. The summed E-state index contributed by atoms with van der Waals surface area (Å²) in [5, 5.41) is 0. The minimum Gasteiger partial charge on any atom is -0.457 e. The van der Waals surface area contributed by atoms with Gasteiger partial charge in [-0.3, -0.25) is 0 Å². The van der Waals surface area contributed by atoms with Gasteiger partial charge in [-0.1, -0.05) is 32.8 Å². The Morgan fingerprint density at radius 2 is 2.00 bits per heavy atom. The second kappa shape index (κ2) is 6.63. The van der Waals surface area contributed by atoms with E-state index in [0.29, 0.717) is 0 Å². The van der Waals surface area contributed by atoms with E-state index in [1.807, 2.05) is 13.8 Å². The van der Waals surface area contributed by atoms with Crippen LogP contribution in [0.25, 0.3) is 0 Å². The minimum absolute atomic E-state index is 0.328. The Hall–Kier alpha value is -0.790. The van der Waals surface area contributed by atoms with Crippen molar-refractivity contribution in [3.8, 4) is 0 Å². The van der Waals surface area contributed by atoms with Crippen molar-refractivity contribution in [3.63, 3.8) is 0 Å². The maximum atomic E-state index is 11.0. The summed E-state index contributed by atoms with van der Waals surface area (Å²) in [6.45, 7) is 9.45. The molecule has 2 heteroatoms. The lowest BCUT2D eigenvalue weighted by molar-refractivity contribution is -0.150. The molecule has 0 amide bonds. The molecule has 14 heavy (non-hydrogen) atoms. The molecule has 0 aromatic heterocycles. The van der Waals surface area contributed by atoms with Crippen LogP contribution in [-0.2, 0) is 9.53 Å². The highest BCUT2D eigenvalue weighted by molar-refractivity contribution is 5.81.